The smallest absolute Gasteiger partial charge is 0.190 e. The molecule has 5 heteroatoms. The molecule has 2 N–H and O–H groups in total. The van der Waals surface area contributed by atoms with Crippen LogP contribution in [0.1, 0.15) is 26.0 Å². The molecule has 0 radical (unpaired) electrons. The third-order valence-electron chi connectivity index (χ3n) is 2.59. The summed E-state index contributed by atoms with van der Waals surface area (Å²) >= 11 is 1.60. The van der Waals surface area contributed by atoms with E-state index < -0.39 is 0 Å². The van der Waals surface area contributed by atoms with Crippen LogP contribution in [-0.4, -0.2) is 18.2 Å². The Labute approximate surface area is 112 Å². The summed E-state index contributed by atoms with van der Waals surface area (Å²) in [6, 6.07) is 0. The maximum atomic E-state index is 4.53. The van der Waals surface area contributed by atoms with Gasteiger partial charge in [0.05, 0.1) is 5.69 Å². The Kier molecular flexibility index (Phi) is 4.15. The first kappa shape index (κ1) is 12.8. The minimum absolute atomic E-state index is 0.531. The van der Waals surface area contributed by atoms with Crippen LogP contribution in [0.3, 0.4) is 0 Å². The number of hydrogen-bond donors (Lipinski definition) is 2. The second-order valence-electron chi connectivity index (χ2n) is 4.18. The van der Waals surface area contributed by atoms with Crippen LogP contribution in [0.15, 0.2) is 23.0 Å². The predicted octanol–water partition coefficient (Wildman–Crippen LogP) is 3.58. The minimum Gasteiger partial charge on any atom is -0.378 e. The molecule has 0 fully saturated rings. The highest BCUT2D eigenvalue weighted by Gasteiger charge is 2.10. The topological polar surface area (TPSA) is 49.3 Å². The van der Waals surface area contributed by atoms with Crippen LogP contribution in [0.2, 0.25) is 0 Å². The monoisotopic (exact) mass is 262 g/mol. The van der Waals surface area contributed by atoms with Gasteiger partial charge in [0, 0.05) is 13.3 Å². The van der Waals surface area contributed by atoms with E-state index in [1.54, 1.807) is 11.3 Å². The van der Waals surface area contributed by atoms with Crippen LogP contribution >= 0.6 is 11.3 Å². The fraction of sp³-hybridized carbons (Fsp3) is 0.385. The Morgan fingerprint density at radius 3 is 3.00 bits per heavy atom. The van der Waals surface area contributed by atoms with Crippen molar-refractivity contribution in [2.45, 2.75) is 20.3 Å². The second-order valence-corrected chi connectivity index (χ2v) is 5.18. The van der Waals surface area contributed by atoms with Gasteiger partial charge in [-0.1, -0.05) is 24.3 Å². The van der Waals surface area contributed by atoms with Gasteiger partial charge >= 0.3 is 0 Å². The zero-order chi connectivity index (χ0) is 13.0. The van der Waals surface area contributed by atoms with Gasteiger partial charge in [0.2, 0.25) is 0 Å². The van der Waals surface area contributed by atoms with Gasteiger partial charge in [-0.2, -0.15) is 0 Å². The van der Waals surface area contributed by atoms with Crippen LogP contribution in [0.5, 0.6) is 0 Å². The summed E-state index contributed by atoms with van der Waals surface area (Å²) in [5.41, 5.74) is 0.959. The summed E-state index contributed by atoms with van der Waals surface area (Å²) in [4.78, 5) is 8.87. The first-order chi connectivity index (χ1) is 8.72. The molecule has 4 nitrogen and oxygen atoms in total. The fourth-order valence-corrected chi connectivity index (χ4v) is 2.53. The quantitative estimate of drug-likeness (QED) is 0.872. The van der Waals surface area contributed by atoms with E-state index in [1.165, 1.54) is 0 Å². The van der Waals surface area contributed by atoms with Gasteiger partial charge in [-0.15, -0.1) is 0 Å². The van der Waals surface area contributed by atoms with Crippen molar-refractivity contribution in [3.63, 3.8) is 0 Å². The molecule has 1 aliphatic heterocycles. The summed E-state index contributed by atoms with van der Waals surface area (Å²) in [5.74, 6) is 1.42. The summed E-state index contributed by atoms with van der Waals surface area (Å²) in [6.45, 7) is 4.17. The van der Waals surface area contributed by atoms with Gasteiger partial charge in [-0.05, 0) is 31.4 Å². The molecule has 0 amide bonds. The van der Waals surface area contributed by atoms with Gasteiger partial charge < -0.3 is 10.6 Å². The summed E-state index contributed by atoms with van der Waals surface area (Å²) in [5, 5.41) is 8.34. The SMILES string of the molecule is C/C=C\c1nc(NC2=CC(C)CC=N2)sc1NC. The molecule has 0 saturated carbocycles. The van der Waals surface area contributed by atoms with Crippen LogP contribution in [0, 0.1) is 5.92 Å². The van der Waals surface area contributed by atoms with Gasteiger partial charge in [-0.25, -0.2) is 9.98 Å². The van der Waals surface area contributed by atoms with Crippen molar-refractivity contribution >= 4 is 33.8 Å². The van der Waals surface area contributed by atoms with Crippen LogP contribution in [0.25, 0.3) is 6.08 Å². The van der Waals surface area contributed by atoms with Crippen molar-refractivity contribution in [3.05, 3.63) is 23.7 Å². The largest absolute Gasteiger partial charge is 0.378 e. The third-order valence-corrected chi connectivity index (χ3v) is 3.59. The molecule has 0 aromatic carbocycles. The first-order valence-electron chi connectivity index (χ1n) is 6.05. The van der Waals surface area contributed by atoms with Gasteiger partial charge in [0.1, 0.15) is 10.8 Å². The Balaban J connectivity index is 2.17. The number of allylic oxidation sites excluding steroid dienone is 2. The number of thiazole rings is 1. The first-order valence-corrected chi connectivity index (χ1v) is 6.87. The van der Waals surface area contributed by atoms with Gasteiger partial charge in [0.15, 0.2) is 5.13 Å². The molecule has 96 valence electrons. The van der Waals surface area contributed by atoms with E-state index in [1.807, 2.05) is 32.3 Å². The van der Waals surface area contributed by atoms with E-state index in [0.29, 0.717) is 5.92 Å². The Hall–Kier alpha value is -1.62. The molecule has 1 atom stereocenters. The van der Waals surface area contributed by atoms with E-state index in [4.69, 9.17) is 0 Å². The molecule has 1 aliphatic rings. The number of rotatable bonds is 4. The van der Waals surface area contributed by atoms with Crippen molar-refractivity contribution in [1.82, 2.24) is 4.98 Å². The van der Waals surface area contributed by atoms with Crippen molar-refractivity contribution in [3.8, 4) is 0 Å². The van der Waals surface area contributed by atoms with Crippen molar-refractivity contribution in [1.29, 1.82) is 0 Å². The molecule has 0 aliphatic carbocycles. The summed E-state index contributed by atoms with van der Waals surface area (Å²) < 4.78 is 0. The number of nitrogens with one attached hydrogen (secondary N) is 2. The number of hydrogen-bond acceptors (Lipinski definition) is 5. The number of nitrogens with zero attached hydrogens (tertiary/aromatic N) is 2. The standard InChI is InChI=1S/C13H18N4S/c1-4-5-10-12(14-3)18-13(16-10)17-11-8-9(2)6-7-15-11/h4-5,7-9,14H,6H2,1-3H3,(H,16,17)/b5-4-. The van der Waals surface area contributed by atoms with Crippen molar-refractivity contribution in [2.75, 3.05) is 17.7 Å². The molecule has 1 aromatic heterocycles. The lowest BCUT2D eigenvalue weighted by Gasteiger charge is -2.11. The van der Waals surface area contributed by atoms with Gasteiger partial charge in [-0.3, -0.25) is 0 Å². The lowest BCUT2D eigenvalue weighted by atomic mass is 10.1. The Morgan fingerprint density at radius 2 is 2.33 bits per heavy atom. The van der Waals surface area contributed by atoms with Gasteiger partial charge in [0.25, 0.3) is 0 Å². The van der Waals surface area contributed by atoms with Crippen LogP contribution < -0.4 is 10.6 Å². The van der Waals surface area contributed by atoms with E-state index in [0.717, 1.165) is 28.1 Å². The van der Waals surface area contributed by atoms with Crippen molar-refractivity contribution in [2.24, 2.45) is 10.9 Å². The normalized spacial score (nSPS) is 19.1. The van der Waals surface area contributed by atoms with Crippen LogP contribution in [-0.2, 0) is 0 Å². The minimum atomic E-state index is 0.531. The van der Waals surface area contributed by atoms with E-state index in [-0.39, 0.29) is 0 Å². The molecule has 0 spiro atoms. The molecular formula is C13H18N4S. The van der Waals surface area contributed by atoms with E-state index in [2.05, 4.69) is 33.6 Å². The summed E-state index contributed by atoms with van der Waals surface area (Å²) in [6.07, 6.45) is 9.07. The van der Waals surface area contributed by atoms with E-state index in [9.17, 15) is 0 Å². The molecule has 0 bridgehead atoms. The average Bonchev–Trinajstić information content (AvgIpc) is 2.72. The predicted molar refractivity (Wildman–Crippen MR) is 80.3 cm³/mol. The molecule has 0 saturated heterocycles. The average molecular weight is 262 g/mol. The van der Waals surface area contributed by atoms with E-state index >= 15 is 0 Å². The highest BCUT2D eigenvalue weighted by Crippen LogP contribution is 2.30. The molecule has 2 rings (SSSR count). The lowest BCUT2D eigenvalue weighted by Crippen LogP contribution is -2.05. The number of anilines is 2. The summed E-state index contributed by atoms with van der Waals surface area (Å²) in [7, 11) is 1.91. The zero-order valence-corrected chi connectivity index (χ0v) is 11.7. The zero-order valence-electron chi connectivity index (χ0n) is 10.9. The Bertz CT molecular complexity index is 499. The second kappa shape index (κ2) is 5.82. The maximum Gasteiger partial charge on any atom is 0.190 e. The highest BCUT2D eigenvalue weighted by atomic mass is 32.1. The molecular weight excluding hydrogens is 244 g/mol. The number of aliphatic imine (C=N–C) groups is 1. The van der Waals surface area contributed by atoms with Crippen molar-refractivity contribution < 1.29 is 0 Å². The molecule has 18 heavy (non-hydrogen) atoms. The molecule has 1 aromatic rings. The maximum absolute atomic E-state index is 4.53. The lowest BCUT2D eigenvalue weighted by molar-refractivity contribution is 0.755. The molecule has 1 unspecified atom stereocenters. The fourth-order valence-electron chi connectivity index (χ4n) is 1.72. The van der Waals surface area contributed by atoms with Crippen LogP contribution in [0.4, 0.5) is 10.1 Å². The number of aromatic nitrogens is 1. The molecule has 2 heterocycles. The Morgan fingerprint density at radius 1 is 1.50 bits per heavy atom. The highest BCUT2D eigenvalue weighted by molar-refractivity contribution is 7.19. The third kappa shape index (κ3) is 2.98.